The summed E-state index contributed by atoms with van der Waals surface area (Å²) in [6.07, 6.45) is 1.68. The maximum Gasteiger partial charge on any atom is 0.243 e. The van der Waals surface area contributed by atoms with E-state index in [2.05, 4.69) is 5.32 Å². The standard InChI is InChI=1S/C31H36Cl3N3O4S/c1-22(2)20-35-31(39)29(19-23-8-5-4-6-9-23)36(21-24-11-16-27(33)28(34)18-24)30(38)10-7-17-37(42(3,40)41)26-14-12-25(32)13-15-26/h4-6,8-9,11-16,18,22,29H,7,10,17,19-21H2,1-3H3,(H,35,39)/t29-/m0/s1. The number of hydrogen-bond donors (Lipinski definition) is 1. The molecule has 0 saturated carbocycles. The molecule has 0 radical (unpaired) electrons. The van der Waals surface area contributed by atoms with E-state index in [0.29, 0.717) is 39.3 Å². The van der Waals surface area contributed by atoms with Gasteiger partial charge in [0.25, 0.3) is 0 Å². The first-order valence-corrected chi connectivity index (χ1v) is 16.6. The molecule has 0 aliphatic carbocycles. The van der Waals surface area contributed by atoms with E-state index in [4.69, 9.17) is 34.8 Å². The Morgan fingerprint density at radius 1 is 0.881 bits per heavy atom. The number of halogens is 3. The van der Waals surface area contributed by atoms with Crippen LogP contribution in [0.15, 0.2) is 72.8 Å². The van der Waals surface area contributed by atoms with Crippen molar-refractivity contribution in [2.24, 2.45) is 5.92 Å². The molecule has 1 N–H and O–H groups in total. The van der Waals surface area contributed by atoms with Crippen molar-refractivity contribution in [3.63, 3.8) is 0 Å². The van der Waals surface area contributed by atoms with Crippen LogP contribution >= 0.6 is 34.8 Å². The summed E-state index contributed by atoms with van der Waals surface area (Å²) in [7, 11) is -3.62. The Morgan fingerprint density at radius 2 is 1.55 bits per heavy atom. The van der Waals surface area contributed by atoms with Crippen LogP contribution < -0.4 is 9.62 Å². The Bertz CT molecular complexity index is 1450. The molecule has 11 heteroatoms. The summed E-state index contributed by atoms with van der Waals surface area (Å²) >= 11 is 18.4. The van der Waals surface area contributed by atoms with E-state index < -0.39 is 16.1 Å². The molecule has 0 bridgehead atoms. The zero-order valence-electron chi connectivity index (χ0n) is 23.9. The lowest BCUT2D eigenvalue weighted by Gasteiger charge is -2.32. The third-order valence-electron chi connectivity index (χ3n) is 6.56. The molecule has 0 aliphatic rings. The number of carbonyl (C=O) groups is 2. The van der Waals surface area contributed by atoms with E-state index >= 15 is 0 Å². The topological polar surface area (TPSA) is 86.8 Å². The highest BCUT2D eigenvalue weighted by Gasteiger charge is 2.30. The fraction of sp³-hybridized carbons (Fsp3) is 0.355. The highest BCUT2D eigenvalue weighted by atomic mass is 35.5. The molecule has 2 amide bonds. The summed E-state index contributed by atoms with van der Waals surface area (Å²) in [5, 5.41) is 4.20. The van der Waals surface area contributed by atoms with Crippen LogP contribution in [-0.4, -0.2) is 50.5 Å². The number of hydrogen-bond acceptors (Lipinski definition) is 4. The monoisotopic (exact) mass is 651 g/mol. The van der Waals surface area contributed by atoms with Gasteiger partial charge in [0, 0.05) is 37.5 Å². The van der Waals surface area contributed by atoms with Crippen LogP contribution in [0, 0.1) is 5.92 Å². The predicted molar refractivity (Wildman–Crippen MR) is 172 cm³/mol. The molecule has 0 spiro atoms. The third-order valence-corrected chi connectivity index (χ3v) is 8.74. The Hall–Kier alpha value is -2.78. The lowest BCUT2D eigenvalue weighted by molar-refractivity contribution is -0.141. The van der Waals surface area contributed by atoms with Crippen LogP contribution in [0.4, 0.5) is 5.69 Å². The van der Waals surface area contributed by atoms with Gasteiger partial charge in [0.2, 0.25) is 21.8 Å². The highest BCUT2D eigenvalue weighted by Crippen LogP contribution is 2.25. The first-order valence-electron chi connectivity index (χ1n) is 13.6. The third kappa shape index (κ3) is 10.2. The Labute approximate surface area is 263 Å². The highest BCUT2D eigenvalue weighted by molar-refractivity contribution is 7.92. The van der Waals surface area contributed by atoms with E-state index in [1.165, 1.54) is 4.31 Å². The van der Waals surface area contributed by atoms with Gasteiger partial charge < -0.3 is 10.2 Å². The Kier molecular flexibility index (Phi) is 12.5. The minimum Gasteiger partial charge on any atom is -0.354 e. The number of benzene rings is 3. The minimum absolute atomic E-state index is 0.0175. The Morgan fingerprint density at radius 3 is 2.14 bits per heavy atom. The SMILES string of the molecule is CC(C)CNC(=O)[C@H](Cc1ccccc1)N(Cc1ccc(Cl)c(Cl)c1)C(=O)CCCN(c1ccc(Cl)cc1)S(C)(=O)=O. The van der Waals surface area contributed by atoms with E-state index in [1.54, 1.807) is 47.4 Å². The molecule has 1 atom stereocenters. The van der Waals surface area contributed by atoms with Crippen molar-refractivity contribution >= 4 is 62.3 Å². The second-order valence-corrected chi connectivity index (χ2v) is 13.7. The second-order valence-electron chi connectivity index (χ2n) is 10.5. The van der Waals surface area contributed by atoms with Crippen molar-refractivity contribution in [1.82, 2.24) is 10.2 Å². The quantitative estimate of drug-likeness (QED) is 0.213. The van der Waals surface area contributed by atoms with Gasteiger partial charge in [-0.25, -0.2) is 8.42 Å². The molecule has 226 valence electrons. The van der Waals surface area contributed by atoms with Gasteiger partial charge in [0.1, 0.15) is 6.04 Å². The summed E-state index contributed by atoms with van der Waals surface area (Å²) in [4.78, 5) is 29.0. The van der Waals surface area contributed by atoms with Crippen molar-refractivity contribution in [1.29, 1.82) is 0 Å². The zero-order valence-corrected chi connectivity index (χ0v) is 27.0. The van der Waals surface area contributed by atoms with Crippen LogP contribution in [0.5, 0.6) is 0 Å². The fourth-order valence-corrected chi connectivity index (χ4v) is 5.83. The smallest absolute Gasteiger partial charge is 0.243 e. The number of sulfonamides is 1. The number of rotatable bonds is 14. The largest absolute Gasteiger partial charge is 0.354 e. The van der Waals surface area contributed by atoms with Gasteiger partial charge in [0.15, 0.2) is 0 Å². The number of nitrogens with one attached hydrogen (secondary N) is 1. The second kappa shape index (κ2) is 15.6. The summed E-state index contributed by atoms with van der Waals surface area (Å²) in [6, 6.07) is 20.3. The Balaban J connectivity index is 1.90. The lowest BCUT2D eigenvalue weighted by atomic mass is 10.0. The van der Waals surface area contributed by atoms with Crippen molar-refractivity contribution in [3.8, 4) is 0 Å². The lowest BCUT2D eigenvalue weighted by Crippen LogP contribution is -2.51. The van der Waals surface area contributed by atoms with Crippen molar-refractivity contribution < 1.29 is 18.0 Å². The molecule has 7 nitrogen and oxygen atoms in total. The number of anilines is 1. The number of nitrogens with zero attached hydrogens (tertiary/aromatic N) is 2. The molecule has 0 unspecified atom stereocenters. The fourth-order valence-electron chi connectivity index (χ4n) is 4.42. The van der Waals surface area contributed by atoms with Gasteiger partial charge in [0.05, 0.1) is 22.0 Å². The van der Waals surface area contributed by atoms with E-state index in [9.17, 15) is 18.0 Å². The molecule has 0 saturated heterocycles. The molecule has 3 aromatic rings. The van der Waals surface area contributed by atoms with Crippen LogP contribution in [0.1, 0.15) is 37.8 Å². The molecule has 0 aromatic heterocycles. The van der Waals surface area contributed by atoms with Gasteiger partial charge in [-0.15, -0.1) is 0 Å². The van der Waals surface area contributed by atoms with Gasteiger partial charge in [-0.3, -0.25) is 13.9 Å². The van der Waals surface area contributed by atoms with Crippen molar-refractivity contribution in [2.45, 2.75) is 45.7 Å². The molecule has 0 heterocycles. The maximum atomic E-state index is 13.9. The van der Waals surface area contributed by atoms with E-state index in [0.717, 1.165) is 11.8 Å². The van der Waals surface area contributed by atoms with E-state index in [1.807, 2.05) is 44.2 Å². The molecule has 0 aliphatic heterocycles. The molecule has 42 heavy (non-hydrogen) atoms. The van der Waals surface area contributed by atoms with Crippen LogP contribution in [0.2, 0.25) is 15.1 Å². The summed E-state index contributed by atoms with van der Waals surface area (Å²) < 4.78 is 26.4. The van der Waals surface area contributed by atoms with Gasteiger partial charge >= 0.3 is 0 Å². The van der Waals surface area contributed by atoms with Crippen LogP contribution in [0.25, 0.3) is 0 Å². The van der Waals surface area contributed by atoms with Crippen LogP contribution in [0.3, 0.4) is 0 Å². The molecular formula is C31H36Cl3N3O4S. The molecule has 3 aromatic carbocycles. The zero-order chi connectivity index (χ0) is 30.9. The normalized spacial score (nSPS) is 12.2. The van der Waals surface area contributed by atoms with Gasteiger partial charge in [-0.2, -0.15) is 0 Å². The predicted octanol–water partition coefficient (Wildman–Crippen LogP) is 6.61. The van der Waals surface area contributed by atoms with E-state index in [-0.39, 0.29) is 43.7 Å². The first-order chi connectivity index (χ1) is 19.8. The maximum absolute atomic E-state index is 13.9. The minimum atomic E-state index is -3.62. The summed E-state index contributed by atoms with van der Waals surface area (Å²) in [5.41, 5.74) is 2.07. The summed E-state index contributed by atoms with van der Waals surface area (Å²) in [5.74, 6) is -0.327. The van der Waals surface area contributed by atoms with Crippen LogP contribution in [-0.2, 0) is 32.6 Å². The number of amides is 2. The average molecular weight is 653 g/mol. The average Bonchev–Trinajstić information content (AvgIpc) is 2.94. The number of carbonyl (C=O) groups excluding carboxylic acids is 2. The van der Waals surface area contributed by atoms with Gasteiger partial charge in [-0.05, 0) is 59.9 Å². The molecule has 0 fully saturated rings. The van der Waals surface area contributed by atoms with Crippen molar-refractivity contribution in [2.75, 3.05) is 23.7 Å². The molecule has 3 rings (SSSR count). The molecular weight excluding hydrogens is 617 g/mol. The van der Waals surface area contributed by atoms with Crippen molar-refractivity contribution in [3.05, 3.63) is 99.0 Å². The summed E-state index contributed by atoms with van der Waals surface area (Å²) in [6.45, 7) is 4.66. The first kappa shape index (κ1) is 33.7. The van der Waals surface area contributed by atoms with Gasteiger partial charge in [-0.1, -0.05) is 85.0 Å².